The molecule has 0 saturated carbocycles. The second-order valence-electron chi connectivity index (χ2n) is 11.0. The summed E-state index contributed by atoms with van der Waals surface area (Å²) in [7, 11) is 0. The van der Waals surface area contributed by atoms with Crippen LogP contribution >= 0.6 is 0 Å². The Kier molecular flexibility index (Phi) is 7.30. The van der Waals surface area contributed by atoms with E-state index in [-0.39, 0.29) is 35.1 Å². The third-order valence-corrected chi connectivity index (χ3v) is 7.16. The predicted molar refractivity (Wildman–Crippen MR) is 145 cm³/mol. The van der Waals surface area contributed by atoms with Crippen molar-refractivity contribution in [2.75, 3.05) is 4.90 Å². The number of benzene rings is 2. The maximum atomic E-state index is 15.3. The standard InChI is InChI=1S/C30H25F5N6O2/c1-28(2,15-36)27-40-39-25(43-27)19-10-24-20(11-21(19)31)30(34,35)12-22(37)26(42)41(24)14-16-4-6-17(7-5-16)23-9-8-18(13-38-23)29(3,32)33/h4-11,13,22H,12,14,37H2,1-3H3/t22-/m1/s1. The fourth-order valence-electron chi connectivity index (χ4n) is 4.62. The molecule has 5 rings (SSSR count). The van der Waals surface area contributed by atoms with E-state index in [0.717, 1.165) is 24.1 Å². The Morgan fingerprint density at radius 3 is 2.42 bits per heavy atom. The van der Waals surface area contributed by atoms with Crippen molar-refractivity contribution in [3.05, 3.63) is 83.1 Å². The summed E-state index contributed by atoms with van der Waals surface area (Å²) in [5, 5.41) is 17.0. The van der Waals surface area contributed by atoms with Crippen molar-refractivity contribution in [3.63, 3.8) is 0 Å². The molecule has 0 bridgehead atoms. The summed E-state index contributed by atoms with van der Waals surface area (Å²) in [5.74, 6) is -9.04. The average molecular weight is 597 g/mol. The van der Waals surface area contributed by atoms with Gasteiger partial charge in [-0.15, -0.1) is 10.2 Å². The van der Waals surface area contributed by atoms with Crippen molar-refractivity contribution in [3.8, 4) is 28.8 Å². The number of nitrogens with two attached hydrogens (primary N) is 1. The van der Waals surface area contributed by atoms with Crippen LogP contribution in [0.25, 0.3) is 22.7 Å². The summed E-state index contributed by atoms with van der Waals surface area (Å²) in [4.78, 5) is 18.5. The highest BCUT2D eigenvalue weighted by Gasteiger charge is 2.45. The van der Waals surface area contributed by atoms with E-state index in [2.05, 4.69) is 15.2 Å². The minimum absolute atomic E-state index is 0.104. The van der Waals surface area contributed by atoms with Crippen LogP contribution in [0.3, 0.4) is 0 Å². The number of amides is 1. The van der Waals surface area contributed by atoms with Crippen LogP contribution in [-0.4, -0.2) is 27.1 Å². The Morgan fingerprint density at radius 1 is 1.12 bits per heavy atom. The maximum absolute atomic E-state index is 15.3. The number of pyridine rings is 1. The zero-order valence-electron chi connectivity index (χ0n) is 23.2. The topological polar surface area (TPSA) is 122 Å². The minimum atomic E-state index is -3.64. The molecule has 222 valence electrons. The number of nitriles is 1. The van der Waals surface area contributed by atoms with Crippen molar-refractivity contribution in [2.45, 2.75) is 57.0 Å². The summed E-state index contributed by atoms with van der Waals surface area (Å²) in [6.45, 7) is 3.60. The average Bonchev–Trinajstić information content (AvgIpc) is 3.44. The van der Waals surface area contributed by atoms with Gasteiger partial charge in [-0.3, -0.25) is 9.78 Å². The van der Waals surface area contributed by atoms with E-state index >= 15 is 13.2 Å². The molecule has 1 aliphatic rings. The number of carbonyl (C=O) groups excluding carboxylic acids is 1. The van der Waals surface area contributed by atoms with Crippen LogP contribution in [0.4, 0.5) is 27.6 Å². The molecule has 1 aliphatic heterocycles. The number of aromatic nitrogens is 3. The number of alkyl halides is 4. The Bertz CT molecular complexity index is 1720. The molecular formula is C30H25F5N6O2. The second kappa shape index (κ2) is 10.5. The molecule has 2 aromatic heterocycles. The van der Waals surface area contributed by atoms with Gasteiger partial charge in [-0.1, -0.05) is 24.3 Å². The molecular weight excluding hydrogens is 571 g/mol. The van der Waals surface area contributed by atoms with Crippen molar-refractivity contribution >= 4 is 11.6 Å². The molecule has 3 heterocycles. The molecule has 43 heavy (non-hydrogen) atoms. The van der Waals surface area contributed by atoms with Crippen molar-refractivity contribution in [1.29, 1.82) is 5.26 Å². The molecule has 2 aromatic carbocycles. The first-order valence-corrected chi connectivity index (χ1v) is 13.1. The fraction of sp³-hybridized carbons (Fsp3) is 0.300. The van der Waals surface area contributed by atoms with E-state index in [9.17, 15) is 18.8 Å². The van der Waals surface area contributed by atoms with Gasteiger partial charge in [0.2, 0.25) is 11.8 Å². The third-order valence-electron chi connectivity index (χ3n) is 7.16. The lowest BCUT2D eigenvalue weighted by Gasteiger charge is -2.25. The molecule has 1 amide bonds. The zero-order valence-corrected chi connectivity index (χ0v) is 23.2. The van der Waals surface area contributed by atoms with E-state index in [0.29, 0.717) is 22.9 Å². The molecule has 8 nitrogen and oxygen atoms in total. The van der Waals surface area contributed by atoms with Crippen molar-refractivity contribution in [1.82, 2.24) is 15.2 Å². The van der Waals surface area contributed by atoms with Crippen LogP contribution in [0, 0.1) is 17.1 Å². The SMILES string of the molecule is CC(F)(F)c1ccc(-c2ccc(CN3C(=O)[C@H](N)CC(F)(F)c4cc(F)c(-c5nnc(C(C)(C)C#N)o5)cc43)cc2)nc1. The van der Waals surface area contributed by atoms with Crippen LogP contribution in [-0.2, 0) is 28.6 Å². The Morgan fingerprint density at radius 2 is 1.81 bits per heavy atom. The third kappa shape index (κ3) is 5.70. The van der Waals surface area contributed by atoms with Gasteiger partial charge in [-0.05, 0) is 43.7 Å². The monoisotopic (exact) mass is 596 g/mol. The predicted octanol–water partition coefficient (Wildman–Crippen LogP) is 6.21. The van der Waals surface area contributed by atoms with Crippen molar-refractivity contribution < 1.29 is 31.2 Å². The highest BCUT2D eigenvalue weighted by atomic mass is 19.3. The van der Waals surface area contributed by atoms with Gasteiger partial charge in [0.25, 0.3) is 17.7 Å². The smallest absolute Gasteiger partial charge is 0.277 e. The fourth-order valence-corrected chi connectivity index (χ4v) is 4.62. The van der Waals surface area contributed by atoms with Crippen LogP contribution < -0.4 is 10.6 Å². The summed E-state index contributed by atoms with van der Waals surface area (Å²) < 4.78 is 78.4. The van der Waals surface area contributed by atoms with Gasteiger partial charge in [0.05, 0.1) is 35.6 Å². The highest BCUT2D eigenvalue weighted by molar-refractivity contribution is 5.99. The summed E-state index contributed by atoms with van der Waals surface area (Å²) in [6.07, 6.45) is 0.0502. The molecule has 2 N–H and O–H groups in total. The Balaban J connectivity index is 1.52. The van der Waals surface area contributed by atoms with E-state index in [1.807, 2.05) is 6.07 Å². The second-order valence-corrected chi connectivity index (χ2v) is 11.0. The number of hydrogen-bond donors (Lipinski definition) is 1. The number of halogens is 5. The molecule has 0 aliphatic carbocycles. The first-order chi connectivity index (χ1) is 20.1. The molecule has 0 spiro atoms. The number of carbonyl (C=O) groups is 1. The molecule has 4 aromatic rings. The van der Waals surface area contributed by atoms with Gasteiger partial charge in [0.15, 0.2) is 0 Å². The lowest BCUT2D eigenvalue weighted by atomic mass is 9.96. The normalized spacial score (nSPS) is 16.9. The van der Waals surface area contributed by atoms with Gasteiger partial charge in [0.1, 0.15) is 11.2 Å². The number of anilines is 1. The maximum Gasteiger partial charge on any atom is 0.277 e. The summed E-state index contributed by atoms with van der Waals surface area (Å²) in [5.41, 5.74) is 4.62. The molecule has 0 unspecified atom stereocenters. The number of nitrogens with zero attached hydrogens (tertiary/aromatic N) is 5. The van der Waals surface area contributed by atoms with Gasteiger partial charge < -0.3 is 15.1 Å². The Hall–Kier alpha value is -4.70. The van der Waals surface area contributed by atoms with Crippen LogP contribution in [0.5, 0.6) is 0 Å². The quantitative estimate of drug-likeness (QED) is 0.263. The first kappa shape index (κ1) is 29.8. The number of fused-ring (bicyclic) bond motifs is 1. The Labute approximate surface area is 243 Å². The minimum Gasteiger partial charge on any atom is -0.419 e. The van der Waals surface area contributed by atoms with E-state index < -0.39 is 47.0 Å². The molecule has 13 heteroatoms. The van der Waals surface area contributed by atoms with Gasteiger partial charge >= 0.3 is 0 Å². The largest absolute Gasteiger partial charge is 0.419 e. The molecule has 1 atom stereocenters. The summed E-state index contributed by atoms with van der Waals surface area (Å²) in [6, 6.07) is 11.3. The number of rotatable bonds is 6. The van der Waals surface area contributed by atoms with E-state index in [1.54, 1.807) is 24.3 Å². The van der Waals surface area contributed by atoms with Gasteiger partial charge in [-0.25, -0.2) is 22.0 Å². The van der Waals surface area contributed by atoms with Crippen LogP contribution in [0.1, 0.15) is 49.8 Å². The first-order valence-electron chi connectivity index (χ1n) is 13.1. The van der Waals surface area contributed by atoms with Crippen LogP contribution in [0.2, 0.25) is 0 Å². The molecule has 0 fully saturated rings. The van der Waals surface area contributed by atoms with Crippen molar-refractivity contribution in [2.24, 2.45) is 5.73 Å². The van der Waals surface area contributed by atoms with E-state index in [4.69, 9.17) is 10.2 Å². The summed E-state index contributed by atoms with van der Waals surface area (Å²) >= 11 is 0. The zero-order chi connectivity index (χ0) is 31.3. The van der Waals surface area contributed by atoms with Crippen LogP contribution in [0.15, 0.2) is 59.1 Å². The lowest BCUT2D eigenvalue weighted by molar-refractivity contribution is -0.122. The van der Waals surface area contributed by atoms with E-state index in [1.165, 1.54) is 26.0 Å². The molecule has 0 saturated heterocycles. The number of hydrogen-bond acceptors (Lipinski definition) is 7. The lowest BCUT2D eigenvalue weighted by Crippen LogP contribution is -2.43. The highest BCUT2D eigenvalue weighted by Crippen LogP contribution is 2.45. The molecule has 0 radical (unpaired) electrons. The van der Waals surface area contributed by atoms with Gasteiger partial charge in [0, 0.05) is 36.2 Å². The van der Waals surface area contributed by atoms with Gasteiger partial charge in [-0.2, -0.15) is 5.26 Å².